The molecule has 144 valence electrons. The third-order valence-corrected chi connectivity index (χ3v) is 5.11. The van der Waals surface area contributed by atoms with Gasteiger partial charge in [0, 0.05) is 18.9 Å². The lowest BCUT2D eigenvalue weighted by molar-refractivity contribution is -0.124. The molecule has 0 spiro atoms. The second kappa shape index (κ2) is 9.35. The topological polar surface area (TPSA) is 76.0 Å². The first kappa shape index (κ1) is 19.1. The summed E-state index contributed by atoms with van der Waals surface area (Å²) in [6.07, 6.45) is 7.93. The summed E-state index contributed by atoms with van der Waals surface area (Å²) in [5.74, 6) is 0.447. The molecule has 1 aliphatic carbocycles. The van der Waals surface area contributed by atoms with E-state index in [0.717, 1.165) is 24.2 Å². The molecule has 1 saturated carbocycles. The molecule has 1 unspecified atom stereocenters. The van der Waals surface area contributed by atoms with Gasteiger partial charge in [-0.3, -0.25) is 9.59 Å². The number of aromatic nitrogens is 2. The van der Waals surface area contributed by atoms with Crippen molar-refractivity contribution >= 4 is 17.6 Å². The van der Waals surface area contributed by atoms with Gasteiger partial charge in [0.25, 0.3) is 0 Å². The van der Waals surface area contributed by atoms with E-state index in [1.54, 1.807) is 6.20 Å². The Labute approximate surface area is 160 Å². The number of rotatable bonds is 7. The van der Waals surface area contributed by atoms with Gasteiger partial charge < -0.3 is 10.6 Å². The number of nitrogens with one attached hydrogen (secondary N) is 2. The lowest BCUT2D eigenvalue weighted by Crippen LogP contribution is -2.28. The van der Waals surface area contributed by atoms with Crippen LogP contribution in [0.5, 0.6) is 0 Å². The molecule has 0 bridgehead atoms. The van der Waals surface area contributed by atoms with Gasteiger partial charge >= 0.3 is 0 Å². The molecular weight excluding hydrogens is 340 g/mol. The average Bonchev–Trinajstić information content (AvgIpc) is 3.16. The highest BCUT2D eigenvalue weighted by Gasteiger charge is 2.19. The highest BCUT2D eigenvalue weighted by Crippen LogP contribution is 2.29. The molecule has 6 heteroatoms. The second-order valence-corrected chi connectivity index (χ2v) is 7.20. The van der Waals surface area contributed by atoms with Crippen LogP contribution in [0, 0.1) is 0 Å². The van der Waals surface area contributed by atoms with Crippen LogP contribution in [0.2, 0.25) is 0 Å². The molecule has 1 heterocycles. The zero-order chi connectivity index (χ0) is 19.1. The van der Waals surface area contributed by atoms with Crippen molar-refractivity contribution in [3.63, 3.8) is 0 Å². The van der Waals surface area contributed by atoms with Crippen LogP contribution in [0.25, 0.3) is 0 Å². The minimum absolute atomic E-state index is 0.0745. The molecule has 1 atom stereocenters. The Balaban J connectivity index is 1.46. The Morgan fingerprint density at radius 2 is 1.78 bits per heavy atom. The molecule has 2 amide bonds. The fourth-order valence-corrected chi connectivity index (χ4v) is 3.60. The Morgan fingerprint density at radius 3 is 2.52 bits per heavy atom. The molecule has 3 rings (SSSR count). The largest absolute Gasteiger partial charge is 0.350 e. The number of carbonyl (C=O) groups excluding carboxylic acids is 2. The predicted molar refractivity (Wildman–Crippen MR) is 105 cm³/mol. The third kappa shape index (κ3) is 5.42. The highest BCUT2D eigenvalue weighted by atomic mass is 16.2. The standard InChI is InChI=1S/C21H28N4O2/c1-16(17-8-4-2-5-9-17)23-20(26)12-13-21(27)24-19-14-15-22-25(19)18-10-6-3-7-11-18/h2,4-5,8-9,14-16,18H,3,6-7,10-13H2,1H3,(H,23,26)(H,24,27). The maximum absolute atomic E-state index is 12.3. The van der Waals surface area contributed by atoms with Crippen LogP contribution in [0.15, 0.2) is 42.6 Å². The van der Waals surface area contributed by atoms with Gasteiger partial charge in [0.2, 0.25) is 11.8 Å². The van der Waals surface area contributed by atoms with Crippen molar-refractivity contribution < 1.29 is 9.59 Å². The zero-order valence-electron chi connectivity index (χ0n) is 15.9. The van der Waals surface area contributed by atoms with E-state index in [2.05, 4.69) is 15.7 Å². The molecule has 0 aliphatic heterocycles. The zero-order valence-corrected chi connectivity index (χ0v) is 15.9. The van der Waals surface area contributed by atoms with E-state index in [1.165, 1.54) is 19.3 Å². The summed E-state index contributed by atoms with van der Waals surface area (Å²) in [6.45, 7) is 1.94. The SMILES string of the molecule is CC(NC(=O)CCC(=O)Nc1ccnn1C1CCCCC1)c1ccccc1. The van der Waals surface area contributed by atoms with Crippen molar-refractivity contribution in [3.8, 4) is 0 Å². The van der Waals surface area contributed by atoms with Crippen molar-refractivity contribution in [1.82, 2.24) is 15.1 Å². The van der Waals surface area contributed by atoms with Gasteiger partial charge in [-0.15, -0.1) is 0 Å². The summed E-state index contributed by atoms with van der Waals surface area (Å²) in [5.41, 5.74) is 1.05. The number of hydrogen-bond acceptors (Lipinski definition) is 3. The Morgan fingerprint density at radius 1 is 1.07 bits per heavy atom. The average molecular weight is 368 g/mol. The fourth-order valence-electron chi connectivity index (χ4n) is 3.60. The first-order valence-electron chi connectivity index (χ1n) is 9.81. The molecule has 0 saturated heterocycles. The Kier molecular flexibility index (Phi) is 6.63. The molecule has 0 radical (unpaired) electrons. The van der Waals surface area contributed by atoms with E-state index in [9.17, 15) is 9.59 Å². The van der Waals surface area contributed by atoms with Crippen molar-refractivity contribution in [2.45, 2.75) is 64.0 Å². The number of nitrogens with zero attached hydrogens (tertiary/aromatic N) is 2. The van der Waals surface area contributed by atoms with Gasteiger partial charge in [0.15, 0.2) is 0 Å². The van der Waals surface area contributed by atoms with E-state index in [4.69, 9.17) is 0 Å². The summed E-state index contributed by atoms with van der Waals surface area (Å²) in [5, 5.41) is 10.2. The lowest BCUT2D eigenvalue weighted by atomic mass is 9.96. The Hall–Kier alpha value is -2.63. The first-order chi connectivity index (χ1) is 13.1. The number of benzene rings is 1. The Bertz CT molecular complexity index is 751. The lowest BCUT2D eigenvalue weighted by Gasteiger charge is -2.23. The maximum atomic E-state index is 12.3. The van der Waals surface area contributed by atoms with Crippen molar-refractivity contribution in [2.75, 3.05) is 5.32 Å². The van der Waals surface area contributed by atoms with Gasteiger partial charge in [-0.05, 0) is 25.3 Å². The van der Waals surface area contributed by atoms with Gasteiger partial charge in [0.1, 0.15) is 5.82 Å². The summed E-state index contributed by atoms with van der Waals surface area (Å²) in [4.78, 5) is 24.4. The van der Waals surface area contributed by atoms with Gasteiger partial charge in [0.05, 0.1) is 18.3 Å². The normalized spacial score (nSPS) is 15.9. The van der Waals surface area contributed by atoms with Crippen molar-refractivity contribution in [2.24, 2.45) is 0 Å². The van der Waals surface area contributed by atoms with Crippen LogP contribution in [-0.2, 0) is 9.59 Å². The minimum Gasteiger partial charge on any atom is -0.350 e. The van der Waals surface area contributed by atoms with Crippen LogP contribution in [0.4, 0.5) is 5.82 Å². The van der Waals surface area contributed by atoms with Gasteiger partial charge in [-0.2, -0.15) is 5.10 Å². The van der Waals surface area contributed by atoms with Crippen LogP contribution in [0.3, 0.4) is 0 Å². The van der Waals surface area contributed by atoms with E-state index in [1.807, 2.05) is 48.0 Å². The summed E-state index contributed by atoms with van der Waals surface area (Å²) in [6, 6.07) is 11.9. The monoisotopic (exact) mass is 368 g/mol. The summed E-state index contributed by atoms with van der Waals surface area (Å²) >= 11 is 0. The summed E-state index contributed by atoms with van der Waals surface area (Å²) in [7, 11) is 0. The smallest absolute Gasteiger partial charge is 0.226 e. The fraction of sp³-hybridized carbons (Fsp3) is 0.476. The molecule has 1 aliphatic rings. The van der Waals surface area contributed by atoms with Crippen LogP contribution in [-0.4, -0.2) is 21.6 Å². The van der Waals surface area contributed by atoms with E-state index >= 15 is 0 Å². The van der Waals surface area contributed by atoms with Gasteiger partial charge in [-0.1, -0.05) is 49.6 Å². The quantitative estimate of drug-likeness (QED) is 0.776. The molecule has 2 N–H and O–H groups in total. The minimum atomic E-state index is -0.157. The summed E-state index contributed by atoms with van der Waals surface area (Å²) < 4.78 is 1.93. The molecule has 27 heavy (non-hydrogen) atoms. The molecule has 6 nitrogen and oxygen atoms in total. The number of hydrogen-bond donors (Lipinski definition) is 2. The number of anilines is 1. The van der Waals surface area contributed by atoms with E-state index in [-0.39, 0.29) is 30.7 Å². The highest BCUT2D eigenvalue weighted by molar-refractivity contribution is 5.92. The molecule has 1 aromatic carbocycles. The van der Waals surface area contributed by atoms with Gasteiger partial charge in [-0.25, -0.2) is 4.68 Å². The van der Waals surface area contributed by atoms with Crippen LogP contribution in [0.1, 0.15) is 69.5 Å². The maximum Gasteiger partial charge on any atom is 0.226 e. The second-order valence-electron chi connectivity index (χ2n) is 7.20. The van der Waals surface area contributed by atoms with E-state index < -0.39 is 0 Å². The first-order valence-corrected chi connectivity index (χ1v) is 9.81. The van der Waals surface area contributed by atoms with Crippen LogP contribution >= 0.6 is 0 Å². The molecular formula is C21H28N4O2. The predicted octanol–water partition coefficient (Wildman–Crippen LogP) is 3.98. The molecule has 2 aromatic rings. The number of carbonyl (C=O) groups is 2. The number of amides is 2. The van der Waals surface area contributed by atoms with E-state index in [0.29, 0.717) is 6.04 Å². The van der Waals surface area contributed by atoms with Crippen LogP contribution < -0.4 is 10.6 Å². The molecule has 1 aromatic heterocycles. The van der Waals surface area contributed by atoms with Crippen molar-refractivity contribution in [3.05, 3.63) is 48.2 Å². The van der Waals surface area contributed by atoms with Crippen molar-refractivity contribution in [1.29, 1.82) is 0 Å². The third-order valence-electron chi connectivity index (χ3n) is 5.11. The molecule has 1 fully saturated rings.